The van der Waals surface area contributed by atoms with Crippen molar-refractivity contribution in [2.24, 2.45) is 0 Å². The summed E-state index contributed by atoms with van der Waals surface area (Å²) in [5, 5.41) is 20.3. The van der Waals surface area contributed by atoms with Crippen LogP contribution in [0.2, 0.25) is 0 Å². The zero-order chi connectivity index (χ0) is 15.1. The van der Waals surface area contributed by atoms with E-state index in [1.165, 1.54) is 0 Å². The van der Waals surface area contributed by atoms with E-state index in [1.807, 2.05) is 0 Å². The van der Waals surface area contributed by atoms with E-state index in [1.54, 1.807) is 20.8 Å². The Bertz CT molecular complexity index is 345. The lowest BCUT2D eigenvalue weighted by Gasteiger charge is -2.20. The van der Waals surface area contributed by atoms with Crippen LogP contribution >= 0.6 is 0 Å². The predicted molar refractivity (Wildman–Crippen MR) is 67.2 cm³/mol. The molecule has 7 heteroatoms. The van der Waals surface area contributed by atoms with Crippen molar-refractivity contribution in [2.75, 3.05) is 13.7 Å². The quantitative estimate of drug-likeness (QED) is 0.492. The van der Waals surface area contributed by atoms with Gasteiger partial charge >= 0.3 is 12.1 Å². The summed E-state index contributed by atoms with van der Waals surface area (Å²) in [6, 6.07) is 0. The lowest BCUT2D eigenvalue weighted by atomic mass is 10.2. The van der Waals surface area contributed by atoms with Gasteiger partial charge in [0.2, 0.25) is 0 Å². The van der Waals surface area contributed by atoms with Gasteiger partial charge < -0.3 is 19.7 Å². The molecule has 0 fully saturated rings. The summed E-state index contributed by atoms with van der Waals surface area (Å²) in [5.41, 5.74) is -0.952. The van der Waals surface area contributed by atoms with Gasteiger partial charge in [0.15, 0.2) is 0 Å². The molecule has 110 valence electrons. The molecular weight excluding hydrogens is 254 g/mol. The molecule has 0 aliphatic carbocycles. The van der Waals surface area contributed by atoms with Crippen LogP contribution in [0.5, 0.6) is 0 Å². The summed E-state index contributed by atoms with van der Waals surface area (Å²) >= 11 is 0. The van der Waals surface area contributed by atoms with E-state index in [2.05, 4.69) is 10.1 Å². The number of carbonyl (C=O) groups is 2. The number of aliphatic hydroxyl groups excluding tert-OH is 2. The first-order valence-electron chi connectivity index (χ1n) is 5.78. The van der Waals surface area contributed by atoms with E-state index in [0.717, 1.165) is 13.2 Å². The molecule has 0 aromatic carbocycles. The van der Waals surface area contributed by atoms with Crippen LogP contribution in [-0.4, -0.2) is 47.7 Å². The molecule has 0 saturated heterocycles. The predicted octanol–water partition coefficient (Wildman–Crippen LogP) is 0.311. The standard InChI is InChI=1S/C12H21NO6/c1-12(2,3)19-11(17)13-9(10(16)18-4)7-8(15)5-6-14/h7-8,14-15H,5-6H2,1-4H3,(H,13,17)/b9-7-/t8-/m0/s1. The van der Waals surface area contributed by atoms with Crippen molar-refractivity contribution in [2.45, 2.75) is 38.9 Å². The third-order valence-corrected chi connectivity index (χ3v) is 1.82. The molecule has 0 bridgehead atoms. The topological polar surface area (TPSA) is 105 Å². The van der Waals surface area contributed by atoms with Crippen molar-refractivity contribution in [1.82, 2.24) is 5.32 Å². The minimum atomic E-state index is -1.07. The van der Waals surface area contributed by atoms with Crippen molar-refractivity contribution in [3.63, 3.8) is 0 Å². The molecule has 0 heterocycles. The van der Waals surface area contributed by atoms with E-state index >= 15 is 0 Å². The van der Waals surface area contributed by atoms with Gasteiger partial charge in [-0.15, -0.1) is 0 Å². The number of hydrogen-bond acceptors (Lipinski definition) is 6. The summed E-state index contributed by atoms with van der Waals surface area (Å²) in [7, 11) is 1.14. The Morgan fingerprint density at radius 2 is 1.95 bits per heavy atom. The molecule has 0 rings (SSSR count). The maximum Gasteiger partial charge on any atom is 0.412 e. The summed E-state index contributed by atoms with van der Waals surface area (Å²) in [4.78, 5) is 22.9. The Morgan fingerprint density at radius 1 is 1.37 bits per heavy atom. The molecule has 0 spiro atoms. The minimum Gasteiger partial charge on any atom is -0.464 e. The maximum atomic E-state index is 11.5. The minimum absolute atomic E-state index is 0.0382. The van der Waals surface area contributed by atoms with Crippen LogP contribution in [0.15, 0.2) is 11.8 Å². The van der Waals surface area contributed by atoms with Crippen LogP contribution in [-0.2, 0) is 14.3 Å². The highest BCUT2D eigenvalue weighted by Crippen LogP contribution is 2.08. The average molecular weight is 275 g/mol. The molecule has 3 N–H and O–H groups in total. The van der Waals surface area contributed by atoms with Crippen LogP contribution in [0.25, 0.3) is 0 Å². The average Bonchev–Trinajstić information content (AvgIpc) is 2.24. The number of esters is 1. The molecule has 0 aromatic heterocycles. The van der Waals surface area contributed by atoms with Crippen molar-refractivity contribution in [1.29, 1.82) is 0 Å². The van der Waals surface area contributed by atoms with Crippen LogP contribution in [0.4, 0.5) is 4.79 Å². The molecule has 1 amide bonds. The first-order valence-corrected chi connectivity index (χ1v) is 5.78. The Labute approximate surface area is 112 Å². The summed E-state index contributed by atoms with van der Waals surface area (Å²) in [6.45, 7) is 4.77. The molecule has 0 unspecified atom stereocenters. The third kappa shape index (κ3) is 8.17. The fraction of sp³-hybridized carbons (Fsp3) is 0.667. The lowest BCUT2D eigenvalue weighted by molar-refractivity contribution is -0.136. The molecular formula is C12H21NO6. The fourth-order valence-electron chi connectivity index (χ4n) is 1.09. The molecule has 0 aromatic rings. The van der Waals surface area contributed by atoms with Crippen molar-refractivity contribution in [3.05, 3.63) is 11.8 Å². The van der Waals surface area contributed by atoms with Crippen molar-refractivity contribution < 1.29 is 29.3 Å². The largest absolute Gasteiger partial charge is 0.464 e. The highest BCUT2D eigenvalue weighted by Gasteiger charge is 2.20. The lowest BCUT2D eigenvalue weighted by Crippen LogP contribution is -2.35. The van der Waals surface area contributed by atoms with Gasteiger partial charge in [-0.2, -0.15) is 0 Å². The second kappa shape index (κ2) is 7.75. The summed E-state index contributed by atoms with van der Waals surface area (Å²) in [6.07, 6.45) is -0.781. The summed E-state index contributed by atoms with van der Waals surface area (Å²) < 4.78 is 9.45. The van der Waals surface area contributed by atoms with Crippen molar-refractivity contribution in [3.8, 4) is 0 Å². The highest BCUT2D eigenvalue weighted by molar-refractivity contribution is 5.92. The van der Waals surface area contributed by atoms with Gasteiger partial charge in [-0.05, 0) is 26.8 Å². The Balaban J connectivity index is 4.79. The van der Waals surface area contributed by atoms with E-state index in [4.69, 9.17) is 9.84 Å². The Morgan fingerprint density at radius 3 is 2.37 bits per heavy atom. The zero-order valence-corrected chi connectivity index (χ0v) is 11.6. The van der Waals surface area contributed by atoms with Gasteiger partial charge in [-0.25, -0.2) is 9.59 Å². The first kappa shape index (κ1) is 17.4. The SMILES string of the molecule is COC(=O)/C(=C/[C@@H](O)CCO)NC(=O)OC(C)(C)C. The van der Waals surface area contributed by atoms with Gasteiger partial charge in [0.1, 0.15) is 11.3 Å². The molecule has 7 nitrogen and oxygen atoms in total. The highest BCUT2D eigenvalue weighted by atomic mass is 16.6. The van der Waals surface area contributed by atoms with Gasteiger partial charge in [0.05, 0.1) is 13.2 Å². The van der Waals surface area contributed by atoms with Gasteiger partial charge in [0.25, 0.3) is 0 Å². The van der Waals surface area contributed by atoms with E-state index in [-0.39, 0.29) is 18.7 Å². The van der Waals surface area contributed by atoms with Crippen LogP contribution < -0.4 is 5.32 Å². The van der Waals surface area contributed by atoms with Gasteiger partial charge in [-0.1, -0.05) is 0 Å². The molecule has 0 radical (unpaired) electrons. The Kier molecular flexibility index (Phi) is 7.10. The monoisotopic (exact) mass is 275 g/mol. The second-order valence-corrected chi connectivity index (χ2v) is 4.78. The number of amides is 1. The number of nitrogens with one attached hydrogen (secondary N) is 1. The molecule has 19 heavy (non-hydrogen) atoms. The number of methoxy groups -OCH3 is 1. The van der Waals surface area contributed by atoms with Crippen molar-refractivity contribution >= 4 is 12.1 Å². The van der Waals surface area contributed by atoms with Gasteiger partial charge in [0, 0.05) is 13.0 Å². The number of hydrogen-bond donors (Lipinski definition) is 3. The van der Waals surface area contributed by atoms with Crippen LogP contribution in [0, 0.1) is 0 Å². The van der Waals surface area contributed by atoms with Crippen LogP contribution in [0.1, 0.15) is 27.2 Å². The number of ether oxygens (including phenoxy) is 2. The van der Waals surface area contributed by atoms with Gasteiger partial charge in [-0.3, -0.25) is 5.32 Å². The maximum absolute atomic E-state index is 11.5. The smallest absolute Gasteiger partial charge is 0.412 e. The molecule has 1 atom stereocenters. The molecule has 0 saturated carbocycles. The fourth-order valence-corrected chi connectivity index (χ4v) is 1.09. The first-order chi connectivity index (χ1) is 8.69. The van der Waals surface area contributed by atoms with Crippen LogP contribution in [0.3, 0.4) is 0 Å². The van der Waals surface area contributed by atoms with E-state index in [9.17, 15) is 14.7 Å². The third-order valence-electron chi connectivity index (χ3n) is 1.82. The van der Waals surface area contributed by atoms with E-state index in [0.29, 0.717) is 0 Å². The molecule has 0 aliphatic rings. The summed E-state index contributed by atoms with van der Waals surface area (Å²) in [5.74, 6) is -0.817. The number of rotatable bonds is 5. The second-order valence-electron chi connectivity index (χ2n) is 4.78. The number of carbonyl (C=O) groups excluding carboxylic acids is 2. The number of aliphatic hydroxyl groups is 2. The molecule has 0 aliphatic heterocycles. The van der Waals surface area contributed by atoms with E-state index < -0.39 is 23.8 Å². The zero-order valence-electron chi connectivity index (χ0n) is 11.6. The normalized spacial score (nSPS) is 13.7. The number of alkyl carbamates (subject to hydrolysis) is 1. The Hall–Kier alpha value is -1.60.